The molecule has 1 saturated heterocycles. The third kappa shape index (κ3) is 2.40. The number of aromatic amines is 1. The van der Waals surface area contributed by atoms with Gasteiger partial charge in [-0.05, 0) is 18.6 Å². The molecule has 2 aromatic heterocycles. The Morgan fingerprint density at radius 1 is 1.35 bits per heavy atom. The van der Waals surface area contributed by atoms with Crippen molar-refractivity contribution in [3.8, 4) is 0 Å². The molecule has 0 spiro atoms. The van der Waals surface area contributed by atoms with Gasteiger partial charge in [-0.1, -0.05) is 0 Å². The Hall–Kier alpha value is -1.89. The maximum Gasteiger partial charge on any atom is 0.178 e. The normalized spacial score (nSPS) is 19.4. The van der Waals surface area contributed by atoms with Crippen LogP contribution in [0.1, 0.15) is 18.0 Å². The van der Waals surface area contributed by atoms with E-state index in [1.807, 2.05) is 12.1 Å². The van der Waals surface area contributed by atoms with Crippen LogP contribution >= 0.6 is 0 Å². The third-order valence-electron chi connectivity index (χ3n) is 3.66. The summed E-state index contributed by atoms with van der Waals surface area (Å²) >= 11 is 0. The van der Waals surface area contributed by atoms with Gasteiger partial charge in [0.1, 0.15) is 4.90 Å². The van der Waals surface area contributed by atoms with Gasteiger partial charge in [0.25, 0.3) is 0 Å². The highest BCUT2D eigenvalue weighted by atomic mass is 32.2. The number of hydrogen-bond acceptors (Lipinski definition) is 5. The van der Waals surface area contributed by atoms with Crippen molar-refractivity contribution in [3.63, 3.8) is 0 Å². The number of nitrogens with one attached hydrogen (secondary N) is 1. The van der Waals surface area contributed by atoms with Gasteiger partial charge in [-0.2, -0.15) is 5.10 Å². The van der Waals surface area contributed by atoms with Gasteiger partial charge >= 0.3 is 0 Å². The molecule has 7 heteroatoms. The number of H-pyrrole nitrogens is 1. The molecule has 1 atom stereocenters. The lowest BCUT2D eigenvalue weighted by Crippen LogP contribution is -2.19. The molecule has 0 radical (unpaired) electrons. The van der Waals surface area contributed by atoms with Gasteiger partial charge in [0.2, 0.25) is 0 Å². The van der Waals surface area contributed by atoms with Crippen molar-refractivity contribution in [2.45, 2.75) is 17.2 Å². The first-order valence-electron chi connectivity index (χ1n) is 6.44. The van der Waals surface area contributed by atoms with Gasteiger partial charge in [0.15, 0.2) is 9.84 Å². The second-order valence-electron chi connectivity index (χ2n) is 5.06. The average molecular weight is 292 g/mol. The zero-order valence-corrected chi connectivity index (χ0v) is 12.0. The van der Waals surface area contributed by atoms with Crippen LogP contribution in [0, 0.1) is 0 Å². The molecule has 2 aromatic rings. The number of rotatable bonds is 3. The summed E-state index contributed by atoms with van der Waals surface area (Å²) in [6.07, 6.45) is 7.06. The lowest BCUT2D eigenvalue weighted by atomic mass is 10.1. The predicted octanol–water partition coefficient (Wildman–Crippen LogP) is 1.20. The number of anilines is 1. The molecule has 6 nitrogen and oxygen atoms in total. The van der Waals surface area contributed by atoms with Crippen LogP contribution in [0.15, 0.2) is 35.6 Å². The lowest BCUT2D eigenvalue weighted by Gasteiger charge is -2.18. The van der Waals surface area contributed by atoms with Gasteiger partial charge in [-0.25, -0.2) is 8.42 Å². The number of hydrogen-bond donors (Lipinski definition) is 1. The minimum Gasteiger partial charge on any atom is -0.371 e. The zero-order chi connectivity index (χ0) is 14.2. The topological polar surface area (TPSA) is 79.0 Å². The molecule has 0 aromatic carbocycles. The number of nitrogens with zero attached hydrogens (tertiary/aromatic N) is 3. The van der Waals surface area contributed by atoms with E-state index in [4.69, 9.17) is 0 Å². The largest absolute Gasteiger partial charge is 0.371 e. The molecule has 3 rings (SSSR count). The van der Waals surface area contributed by atoms with Gasteiger partial charge in [0.05, 0.1) is 11.9 Å². The van der Waals surface area contributed by atoms with Crippen LogP contribution in [0.25, 0.3) is 0 Å². The molecular weight excluding hydrogens is 276 g/mol. The highest BCUT2D eigenvalue weighted by Crippen LogP contribution is 2.32. The van der Waals surface area contributed by atoms with Crippen LogP contribution in [0.4, 0.5) is 5.69 Å². The summed E-state index contributed by atoms with van der Waals surface area (Å²) in [5.74, 6) is 0.162. The van der Waals surface area contributed by atoms with Crippen LogP contribution in [-0.2, 0) is 9.84 Å². The minimum absolute atomic E-state index is 0.162. The summed E-state index contributed by atoms with van der Waals surface area (Å²) in [5, 5.41) is 6.76. The average Bonchev–Trinajstić information content (AvgIpc) is 3.08. The summed E-state index contributed by atoms with van der Waals surface area (Å²) in [4.78, 5) is 6.56. The van der Waals surface area contributed by atoms with Crippen molar-refractivity contribution in [1.82, 2.24) is 15.2 Å². The summed E-state index contributed by atoms with van der Waals surface area (Å²) in [7, 11) is -3.23. The fourth-order valence-corrected chi connectivity index (χ4v) is 3.51. The van der Waals surface area contributed by atoms with Crippen LogP contribution in [0.5, 0.6) is 0 Å². The first-order valence-corrected chi connectivity index (χ1v) is 8.33. The van der Waals surface area contributed by atoms with Crippen molar-refractivity contribution in [2.24, 2.45) is 0 Å². The molecule has 106 valence electrons. The van der Waals surface area contributed by atoms with Crippen LogP contribution < -0.4 is 4.90 Å². The highest BCUT2D eigenvalue weighted by molar-refractivity contribution is 7.90. The molecule has 0 aliphatic carbocycles. The Morgan fingerprint density at radius 3 is 2.80 bits per heavy atom. The maximum atomic E-state index is 11.7. The lowest BCUT2D eigenvalue weighted by molar-refractivity contribution is 0.598. The molecule has 0 bridgehead atoms. The Labute approximate surface area is 117 Å². The third-order valence-corrected chi connectivity index (χ3v) is 4.78. The van der Waals surface area contributed by atoms with Gasteiger partial charge < -0.3 is 4.90 Å². The van der Waals surface area contributed by atoms with Crippen LogP contribution in [0.3, 0.4) is 0 Å². The standard InChI is InChI=1S/C13H16N4O2S/c1-20(18,19)12-8-15-16-13(12)10-4-7-17(9-10)11-2-5-14-6-3-11/h2-3,5-6,8,10H,4,7,9H2,1H3,(H,15,16). The molecular formula is C13H16N4O2S. The van der Waals surface area contributed by atoms with E-state index in [1.165, 1.54) is 12.5 Å². The molecule has 0 saturated carbocycles. The van der Waals surface area contributed by atoms with Gasteiger partial charge in [0, 0.05) is 43.3 Å². The zero-order valence-electron chi connectivity index (χ0n) is 11.2. The highest BCUT2D eigenvalue weighted by Gasteiger charge is 2.29. The Bertz CT molecular complexity index is 696. The molecule has 1 aliphatic heterocycles. The monoisotopic (exact) mass is 292 g/mol. The Morgan fingerprint density at radius 2 is 2.10 bits per heavy atom. The van der Waals surface area contributed by atoms with E-state index in [2.05, 4.69) is 20.1 Å². The quantitative estimate of drug-likeness (QED) is 0.919. The summed E-state index contributed by atoms with van der Waals surface area (Å²) < 4.78 is 23.5. The molecule has 1 fully saturated rings. The van der Waals surface area contributed by atoms with E-state index >= 15 is 0 Å². The number of sulfone groups is 1. The van der Waals surface area contributed by atoms with E-state index in [0.717, 1.165) is 30.9 Å². The fraction of sp³-hybridized carbons (Fsp3) is 0.385. The van der Waals surface area contributed by atoms with E-state index in [-0.39, 0.29) is 5.92 Å². The number of aromatic nitrogens is 3. The molecule has 1 N–H and O–H groups in total. The molecule has 0 amide bonds. The van der Waals surface area contributed by atoms with E-state index in [9.17, 15) is 8.42 Å². The fourth-order valence-electron chi connectivity index (χ4n) is 2.66. The van der Waals surface area contributed by atoms with E-state index in [0.29, 0.717) is 4.90 Å². The van der Waals surface area contributed by atoms with E-state index < -0.39 is 9.84 Å². The van der Waals surface area contributed by atoms with E-state index in [1.54, 1.807) is 12.4 Å². The van der Waals surface area contributed by atoms with Gasteiger partial charge in [-0.15, -0.1) is 0 Å². The number of pyridine rings is 1. The Kier molecular flexibility index (Phi) is 3.21. The van der Waals surface area contributed by atoms with Gasteiger partial charge in [-0.3, -0.25) is 10.1 Å². The smallest absolute Gasteiger partial charge is 0.178 e. The first kappa shape index (κ1) is 13.1. The predicted molar refractivity (Wildman–Crippen MR) is 75.5 cm³/mol. The van der Waals surface area contributed by atoms with Crippen molar-refractivity contribution < 1.29 is 8.42 Å². The minimum atomic E-state index is -3.23. The van der Waals surface area contributed by atoms with Crippen molar-refractivity contribution in [2.75, 3.05) is 24.2 Å². The SMILES string of the molecule is CS(=O)(=O)c1cn[nH]c1C1CCN(c2ccncc2)C1. The maximum absolute atomic E-state index is 11.7. The second kappa shape index (κ2) is 4.90. The second-order valence-corrected chi connectivity index (χ2v) is 7.04. The molecule has 1 aliphatic rings. The molecule has 3 heterocycles. The Balaban J connectivity index is 1.83. The van der Waals surface area contributed by atoms with Crippen molar-refractivity contribution in [1.29, 1.82) is 0 Å². The van der Waals surface area contributed by atoms with Crippen LogP contribution in [0.2, 0.25) is 0 Å². The van der Waals surface area contributed by atoms with Crippen molar-refractivity contribution >= 4 is 15.5 Å². The molecule has 20 heavy (non-hydrogen) atoms. The van der Waals surface area contributed by atoms with Crippen LogP contribution in [-0.4, -0.2) is 42.9 Å². The molecule has 1 unspecified atom stereocenters. The first-order chi connectivity index (χ1) is 9.55. The summed E-state index contributed by atoms with van der Waals surface area (Å²) in [5.41, 5.74) is 1.84. The summed E-state index contributed by atoms with van der Waals surface area (Å²) in [6.45, 7) is 1.69. The summed E-state index contributed by atoms with van der Waals surface area (Å²) in [6, 6.07) is 3.93. The van der Waals surface area contributed by atoms with Crippen molar-refractivity contribution in [3.05, 3.63) is 36.4 Å².